The number of likely N-dealkylation sites (tertiary alicyclic amines) is 1. The number of ether oxygens (including phenoxy) is 1. The average molecular weight is 399 g/mol. The third-order valence-electron chi connectivity index (χ3n) is 6.18. The molecule has 7 heteroatoms. The smallest absolute Gasteiger partial charge is 0.361 e. The van der Waals surface area contributed by atoms with Gasteiger partial charge in [0.2, 0.25) is 0 Å². The lowest BCUT2D eigenvalue weighted by Crippen LogP contribution is -2.50. The summed E-state index contributed by atoms with van der Waals surface area (Å²) in [6, 6.07) is 8.25. The number of aromatic nitrogens is 2. The molecule has 2 fully saturated rings. The molecule has 156 valence electrons. The summed E-state index contributed by atoms with van der Waals surface area (Å²) >= 11 is 0. The van der Waals surface area contributed by atoms with Crippen LogP contribution in [0.5, 0.6) is 0 Å². The third kappa shape index (κ3) is 4.36. The topological polar surface area (TPSA) is 87.6 Å². The lowest BCUT2D eigenvalue weighted by Gasteiger charge is -2.41. The van der Waals surface area contributed by atoms with Crippen LogP contribution in [0.25, 0.3) is 10.9 Å². The molecule has 0 spiro atoms. The maximum Gasteiger partial charge on any atom is 0.361 e. The standard InChI is InChI=1S/C22H30N4O3/c1-2-29-22(28)21-20(16-7-3-4-8-17(16)24-25-21)23-15-11-13-26(14-12-15)18-9-5-6-10-19(18)27/h3-4,7-8,15,18-19,27H,2,5-6,9-14H2,1H3,(H,23,24). The van der Waals surface area contributed by atoms with Crippen molar-refractivity contribution in [2.75, 3.05) is 25.0 Å². The van der Waals surface area contributed by atoms with E-state index in [1.807, 2.05) is 24.3 Å². The van der Waals surface area contributed by atoms with Gasteiger partial charge >= 0.3 is 5.97 Å². The minimum Gasteiger partial charge on any atom is -0.461 e. The van der Waals surface area contributed by atoms with Crippen molar-refractivity contribution in [2.45, 2.75) is 63.6 Å². The molecule has 1 saturated heterocycles. The molecule has 2 unspecified atom stereocenters. The van der Waals surface area contributed by atoms with Gasteiger partial charge in [-0.15, -0.1) is 10.2 Å². The minimum absolute atomic E-state index is 0.197. The summed E-state index contributed by atoms with van der Waals surface area (Å²) in [6.07, 6.45) is 6.07. The number of aliphatic hydroxyl groups is 1. The molecule has 0 bridgehead atoms. The highest BCUT2D eigenvalue weighted by atomic mass is 16.5. The molecule has 1 aromatic carbocycles. The van der Waals surface area contributed by atoms with Gasteiger partial charge in [0.25, 0.3) is 0 Å². The highest BCUT2D eigenvalue weighted by Gasteiger charge is 2.32. The van der Waals surface area contributed by atoms with Crippen LogP contribution in [-0.2, 0) is 4.74 Å². The fourth-order valence-electron chi connectivity index (χ4n) is 4.64. The molecule has 2 heterocycles. The van der Waals surface area contributed by atoms with Crippen LogP contribution in [0, 0.1) is 0 Å². The van der Waals surface area contributed by atoms with Gasteiger partial charge in [-0.3, -0.25) is 4.90 Å². The van der Waals surface area contributed by atoms with E-state index in [-0.39, 0.29) is 17.8 Å². The van der Waals surface area contributed by atoms with Gasteiger partial charge < -0.3 is 15.2 Å². The van der Waals surface area contributed by atoms with Gasteiger partial charge in [0.15, 0.2) is 5.69 Å². The Morgan fingerprint density at radius 3 is 2.69 bits per heavy atom. The Morgan fingerprint density at radius 2 is 1.93 bits per heavy atom. The molecule has 2 N–H and O–H groups in total. The molecule has 2 aromatic rings. The van der Waals surface area contributed by atoms with Crippen LogP contribution >= 0.6 is 0 Å². The fourth-order valence-corrected chi connectivity index (χ4v) is 4.64. The van der Waals surface area contributed by atoms with Crippen LogP contribution < -0.4 is 5.32 Å². The van der Waals surface area contributed by atoms with Crippen LogP contribution in [0.4, 0.5) is 5.69 Å². The molecule has 1 saturated carbocycles. The summed E-state index contributed by atoms with van der Waals surface area (Å²) in [5, 5.41) is 23.2. The Labute approximate surface area is 171 Å². The molecule has 0 amide bonds. The first-order valence-corrected chi connectivity index (χ1v) is 10.8. The van der Waals surface area contributed by atoms with Crippen molar-refractivity contribution in [2.24, 2.45) is 0 Å². The maximum atomic E-state index is 12.4. The highest BCUT2D eigenvalue weighted by Crippen LogP contribution is 2.30. The summed E-state index contributed by atoms with van der Waals surface area (Å²) in [7, 11) is 0. The molecule has 29 heavy (non-hydrogen) atoms. The van der Waals surface area contributed by atoms with Crippen molar-refractivity contribution in [3.05, 3.63) is 30.0 Å². The van der Waals surface area contributed by atoms with E-state index in [4.69, 9.17) is 4.74 Å². The number of fused-ring (bicyclic) bond motifs is 1. The van der Waals surface area contributed by atoms with E-state index in [2.05, 4.69) is 20.4 Å². The Morgan fingerprint density at radius 1 is 1.17 bits per heavy atom. The van der Waals surface area contributed by atoms with Gasteiger partial charge in [0.05, 0.1) is 23.9 Å². The van der Waals surface area contributed by atoms with Crippen molar-refractivity contribution in [1.82, 2.24) is 15.1 Å². The van der Waals surface area contributed by atoms with Crippen LogP contribution in [0.2, 0.25) is 0 Å². The molecule has 0 radical (unpaired) electrons. The number of carbonyl (C=O) groups excluding carboxylic acids is 1. The van der Waals surface area contributed by atoms with Crippen molar-refractivity contribution in [3.63, 3.8) is 0 Å². The van der Waals surface area contributed by atoms with E-state index in [0.29, 0.717) is 18.3 Å². The lowest BCUT2D eigenvalue weighted by atomic mass is 9.89. The molecular formula is C22H30N4O3. The van der Waals surface area contributed by atoms with Crippen LogP contribution in [0.15, 0.2) is 24.3 Å². The molecular weight excluding hydrogens is 368 g/mol. The SMILES string of the molecule is CCOC(=O)c1nnc2ccccc2c1NC1CCN(C2CCCCC2O)CC1. The third-order valence-corrected chi connectivity index (χ3v) is 6.18. The van der Waals surface area contributed by atoms with Gasteiger partial charge in [-0.2, -0.15) is 0 Å². The Bertz CT molecular complexity index is 851. The monoisotopic (exact) mass is 398 g/mol. The zero-order valence-corrected chi connectivity index (χ0v) is 17.0. The predicted octanol–water partition coefficient (Wildman–Crippen LogP) is 2.99. The largest absolute Gasteiger partial charge is 0.461 e. The normalized spacial score (nSPS) is 23.8. The number of anilines is 1. The number of nitrogens with zero attached hydrogens (tertiary/aromatic N) is 3. The summed E-state index contributed by atoms with van der Waals surface area (Å²) in [5.41, 5.74) is 1.71. The van der Waals surface area contributed by atoms with Crippen molar-refractivity contribution in [3.8, 4) is 0 Å². The van der Waals surface area contributed by atoms with E-state index in [1.54, 1.807) is 6.92 Å². The molecule has 1 aromatic heterocycles. The van der Waals surface area contributed by atoms with E-state index < -0.39 is 5.97 Å². The van der Waals surface area contributed by atoms with Crippen LogP contribution in [0.1, 0.15) is 55.9 Å². The second-order valence-corrected chi connectivity index (χ2v) is 8.03. The predicted molar refractivity (Wildman–Crippen MR) is 112 cm³/mol. The van der Waals surface area contributed by atoms with E-state index >= 15 is 0 Å². The summed E-state index contributed by atoms with van der Waals surface area (Å²) in [5.74, 6) is -0.448. The zero-order chi connectivity index (χ0) is 20.2. The lowest BCUT2D eigenvalue weighted by molar-refractivity contribution is 0.00992. The Balaban J connectivity index is 1.50. The zero-order valence-electron chi connectivity index (χ0n) is 17.0. The molecule has 1 aliphatic carbocycles. The second-order valence-electron chi connectivity index (χ2n) is 8.03. The van der Waals surface area contributed by atoms with Crippen molar-refractivity contribution in [1.29, 1.82) is 0 Å². The van der Waals surface area contributed by atoms with Crippen molar-refractivity contribution < 1.29 is 14.6 Å². The Kier molecular flexibility index (Phi) is 6.25. The van der Waals surface area contributed by atoms with E-state index in [0.717, 1.165) is 56.1 Å². The van der Waals surface area contributed by atoms with Gasteiger partial charge in [-0.05, 0) is 38.7 Å². The first-order chi connectivity index (χ1) is 14.2. The first kappa shape index (κ1) is 20.0. The van der Waals surface area contributed by atoms with Gasteiger partial charge in [-0.25, -0.2) is 4.79 Å². The molecule has 2 aliphatic rings. The van der Waals surface area contributed by atoms with Gasteiger partial charge in [-0.1, -0.05) is 31.0 Å². The second kappa shape index (κ2) is 9.05. The fraction of sp³-hybridized carbons (Fsp3) is 0.591. The average Bonchev–Trinajstić information content (AvgIpc) is 2.75. The number of piperidine rings is 1. The Hall–Kier alpha value is -2.25. The first-order valence-electron chi connectivity index (χ1n) is 10.8. The number of hydrogen-bond acceptors (Lipinski definition) is 7. The van der Waals surface area contributed by atoms with Gasteiger partial charge in [0.1, 0.15) is 0 Å². The summed E-state index contributed by atoms with van der Waals surface area (Å²) in [4.78, 5) is 14.9. The number of aliphatic hydroxyl groups excluding tert-OH is 1. The number of hydrogen-bond donors (Lipinski definition) is 2. The quantitative estimate of drug-likeness (QED) is 0.749. The van der Waals surface area contributed by atoms with Crippen LogP contribution in [0.3, 0.4) is 0 Å². The molecule has 2 atom stereocenters. The van der Waals surface area contributed by atoms with E-state index in [9.17, 15) is 9.90 Å². The van der Waals surface area contributed by atoms with Crippen LogP contribution in [-0.4, -0.2) is 64.1 Å². The molecule has 4 rings (SSSR count). The summed E-state index contributed by atoms with van der Waals surface area (Å²) < 4.78 is 5.20. The number of nitrogens with one attached hydrogen (secondary N) is 1. The number of rotatable bonds is 5. The molecule has 7 nitrogen and oxygen atoms in total. The van der Waals surface area contributed by atoms with E-state index in [1.165, 1.54) is 6.42 Å². The molecule has 1 aliphatic heterocycles. The number of carbonyl (C=O) groups is 1. The highest BCUT2D eigenvalue weighted by molar-refractivity contribution is 6.03. The minimum atomic E-state index is -0.448. The maximum absolute atomic E-state index is 12.4. The number of esters is 1. The summed E-state index contributed by atoms with van der Waals surface area (Å²) in [6.45, 7) is 3.99. The van der Waals surface area contributed by atoms with Gasteiger partial charge in [0, 0.05) is 30.6 Å². The van der Waals surface area contributed by atoms with Crippen molar-refractivity contribution >= 4 is 22.6 Å². The number of benzene rings is 1.